The average molecular weight is 392 g/mol. The zero-order valence-corrected chi connectivity index (χ0v) is 15.5. The van der Waals surface area contributed by atoms with Crippen molar-refractivity contribution in [2.24, 2.45) is 0 Å². The first kappa shape index (κ1) is 18.8. The van der Waals surface area contributed by atoms with Crippen LogP contribution in [0.3, 0.4) is 0 Å². The Morgan fingerprint density at radius 2 is 1.59 bits per heavy atom. The Morgan fingerprint density at radius 3 is 2.11 bits per heavy atom. The molecule has 1 aliphatic heterocycles. The third-order valence-corrected chi connectivity index (χ3v) is 5.05. The van der Waals surface area contributed by atoms with E-state index in [0.717, 1.165) is 12.1 Å². The number of rotatable bonds is 4. The van der Waals surface area contributed by atoms with Crippen LogP contribution in [0.5, 0.6) is 0 Å². The number of hydroxylamine groups is 2. The smallest absolute Gasteiger partial charge is 0.399 e. The van der Waals surface area contributed by atoms with E-state index in [-0.39, 0.29) is 11.1 Å². The first-order chi connectivity index (χ1) is 12.5. The molecule has 0 fully saturated rings. The number of hydrogen-bond acceptors (Lipinski definition) is 7. The molecule has 2 amide bonds. The molecule has 142 valence electrons. The van der Waals surface area contributed by atoms with E-state index in [1.807, 2.05) is 0 Å². The van der Waals surface area contributed by atoms with E-state index in [4.69, 9.17) is 9.25 Å². The number of nitrogens with one attached hydrogen (secondary N) is 1. The molecule has 0 atom stereocenters. The molecule has 0 unspecified atom stereocenters. The number of sulfonamides is 1. The molecule has 1 aliphatic rings. The Balaban J connectivity index is 1.78. The van der Waals surface area contributed by atoms with Crippen LogP contribution in [0.15, 0.2) is 45.9 Å². The van der Waals surface area contributed by atoms with Gasteiger partial charge >= 0.3 is 5.97 Å². The second-order valence-corrected chi connectivity index (χ2v) is 8.42. The zero-order chi connectivity index (χ0) is 20.0. The summed E-state index contributed by atoms with van der Waals surface area (Å²) in [6.45, 7) is 4.93. The largest absolute Gasteiger partial charge is 0.436 e. The molecule has 1 aromatic carbocycles. The van der Waals surface area contributed by atoms with Crippen molar-refractivity contribution >= 4 is 27.8 Å². The Labute approximate surface area is 154 Å². The number of nitrogens with zero attached hydrogens (tertiary/aromatic N) is 1. The lowest BCUT2D eigenvalue weighted by Crippen LogP contribution is -2.40. The molecule has 0 bridgehead atoms. The van der Waals surface area contributed by atoms with Gasteiger partial charge in [-0.3, -0.25) is 9.59 Å². The summed E-state index contributed by atoms with van der Waals surface area (Å²) in [7, 11) is -4.00. The van der Waals surface area contributed by atoms with Crippen LogP contribution >= 0.6 is 0 Å². The predicted molar refractivity (Wildman–Crippen MR) is 91.1 cm³/mol. The Hall–Kier alpha value is -2.98. The average Bonchev–Trinajstić information content (AvgIpc) is 3.14. The van der Waals surface area contributed by atoms with Crippen molar-refractivity contribution in [1.82, 2.24) is 9.79 Å². The van der Waals surface area contributed by atoms with Crippen molar-refractivity contribution in [2.75, 3.05) is 0 Å². The van der Waals surface area contributed by atoms with Gasteiger partial charge in [-0.15, -0.1) is 0 Å². The van der Waals surface area contributed by atoms with Gasteiger partial charge in [0.25, 0.3) is 21.8 Å². The van der Waals surface area contributed by atoms with Crippen LogP contribution in [0, 0.1) is 0 Å². The Morgan fingerprint density at radius 1 is 1.04 bits per heavy atom. The van der Waals surface area contributed by atoms with Crippen LogP contribution in [0.4, 0.5) is 0 Å². The lowest BCUT2D eigenvalue weighted by atomic mass is 10.1. The third-order valence-electron chi connectivity index (χ3n) is 3.42. The Kier molecular flexibility index (Phi) is 4.40. The van der Waals surface area contributed by atoms with Crippen LogP contribution in [0.1, 0.15) is 52.0 Å². The number of amides is 2. The van der Waals surface area contributed by atoms with Crippen LogP contribution in [0.25, 0.3) is 0 Å². The fraction of sp³-hybridized carbons (Fsp3) is 0.235. The van der Waals surface area contributed by atoms with E-state index in [1.165, 1.54) is 12.1 Å². The maximum atomic E-state index is 12.2. The monoisotopic (exact) mass is 392 g/mol. The molecule has 2 heterocycles. The van der Waals surface area contributed by atoms with Crippen molar-refractivity contribution in [2.45, 2.75) is 31.4 Å². The van der Waals surface area contributed by atoms with E-state index >= 15 is 0 Å². The van der Waals surface area contributed by atoms with Crippen molar-refractivity contribution in [3.8, 4) is 0 Å². The quantitative estimate of drug-likeness (QED) is 0.786. The first-order valence-corrected chi connectivity index (χ1v) is 9.32. The van der Waals surface area contributed by atoms with Crippen molar-refractivity contribution < 1.29 is 32.1 Å². The summed E-state index contributed by atoms with van der Waals surface area (Å²) in [4.78, 5) is 41.4. The lowest BCUT2D eigenvalue weighted by molar-refractivity contribution is -0.0605. The number of carbonyl (C=O) groups excluding carboxylic acids is 3. The summed E-state index contributed by atoms with van der Waals surface area (Å²) in [5.41, 5.74) is -0.549. The number of furan rings is 1. The highest BCUT2D eigenvalue weighted by molar-refractivity contribution is 7.89. The van der Waals surface area contributed by atoms with E-state index < -0.39 is 44.2 Å². The van der Waals surface area contributed by atoms with Gasteiger partial charge < -0.3 is 9.25 Å². The molecule has 0 aliphatic carbocycles. The van der Waals surface area contributed by atoms with Gasteiger partial charge in [0.1, 0.15) is 0 Å². The fourth-order valence-electron chi connectivity index (χ4n) is 2.41. The predicted octanol–water partition coefficient (Wildman–Crippen LogP) is 1.72. The molecule has 1 aromatic heterocycles. The van der Waals surface area contributed by atoms with Gasteiger partial charge in [-0.05, 0) is 45.0 Å². The minimum Gasteiger partial charge on any atom is -0.436 e. The first-order valence-electron chi connectivity index (χ1n) is 7.83. The lowest BCUT2D eigenvalue weighted by Gasteiger charge is -2.19. The molecule has 3 rings (SSSR count). The summed E-state index contributed by atoms with van der Waals surface area (Å²) in [6, 6.07) is 8.16. The summed E-state index contributed by atoms with van der Waals surface area (Å²) in [5, 5.41) is -0.177. The summed E-state index contributed by atoms with van der Waals surface area (Å²) in [5.74, 6) is -3.24. The van der Waals surface area contributed by atoms with Crippen molar-refractivity contribution in [1.29, 1.82) is 0 Å². The topological polar surface area (TPSA) is 123 Å². The molecule has 2 aromatic rings. The van der Waals surface area contributed by atoms with Crippen LogP contribution in [0.2, 0.25) is 0 Å². The zero-order valence-electron chi connectivity index (χ0n) is 14.7. The minimum atomic E-state index is -4.00. The van der Waals surface area contributed by atoms with Gasteiger partial charge in [-0.1, -0.05) is 17.2 Å². The fourth-order valence-corrected chi connectivity index (χ4v) is 3.76. The normalized spacial score (nSPS) is 14.4. The molecular formula is C17H16N2O7S. The molecular weight excluding hydrogens is 376 g/mol. The van der Waals surface area contributed by atoms with Crippen LogP contribution in [-0.4, -0.2) is 36.8 Å². The summed E-state index contributed by atoms with van der Waals surface area (Å²) < 4.78 is 31.8. The maximum Gasteiger partial charge on any atom is 0.399 e. The summed E-state index contributed by atoms with van der Waals surface area (Å²) in [6.07, 6.45) is 0. The molecule has 0 spiro atoms. The molecule has 0 saturated carbocycles. The molecule has 0 radical (unpaired) electrons. The van der Waals surface area contributed by atoms with Crippen molar-refractivity contribution in [3.63, 3.8) is 0 Å². The maximum absolute atomic E-state index is 12.2. The molecule has 10 heteroatoms. The molecule has 0 saturated heterocycles. The second-order valence-electron chi connectivity index (χ2n) is 6.80. The number of hydrogen-bond donors (Lipinski definition) is 1. The minimum absolute atomic E-state index is 0.104. The van der Waals surface area contributed by atoms with E-state index in [2.05, 4.69) is 4.72 Å². The number of carbonyl (C=O) groups is 3. The molecule has 27 heavy (non-hydrogen) atoms. The van der Waals surface area contributed by atoms with Gasteiger partial charge in [0.2, 0.25) is 10.9 Å². The highest BCUT2D eigenvalue weighted by atomic mass is 32.2. The van der Waals surface area contributed by atoms with E-state index in [0.29, 0.717) is 5.06 Å². The van der Waals surface area contributed by atoms with Crippen LogP contribution < -0.4 is 4.72 Å². The van der Waals surface area contributed by atoms with Gasteiger partial charge in [0, 0.05) is 5.54 Å². The van der Waals surface area contributed by atoms with Crippen LogP contribution in [-0.2, 0) is 14.9 Å². The number of fused-ring (bicyclic) bond motifs is 1. The highest BCUT2D eigenvalue weighted by Crippen LogP contribution is 2.24. The van der Waals surface area contributed by atoms with E-state index in [9.17, 15) is 22.8 Å². The summed E-state index contributed by atoms with van der Waals surface area (Å²) >= 11 is 0. The standard InChI is InChI=1S/C17H16N2O7S/c1-17(2,3)18-27(23,24)13-9-8-12(25-13)16(22)26-19-14(20)10-6-4-5-7-11(10)15(19)21/h4-9,18H,1-3H3. The molecule has 9 nitrogen and oxygen atoms in total. The van der Waals surface area contributed by atoms with E-state index in [1.54, 1.807) is 32.9 Å². The number of imide groups is 1. The molecule has 1 N–H and O–H groups in total. The van der Waals surface area contributed by atoms with Crippen molar-refractivity contribution in [3.05, 3.63) is 53.3 Å². The SMILES string of the molecule is CC(C)(C)NS(=O)(=O)c1ccc(C(=O)ON2C(=O)c3ccccc3C2=O)o1. The van der Waals surface area contributed by atoms with Gasteiger partial charge in [0.05, 0.1) is 11.1 Å². The second kappa shape index (κ2) is 6.32. The van der Waals surface area contributed by atoms with Gasteiger partial charge in [0.15, 0.2) is 0 Å². The Bertz CT molecular complexity index is 1010. The van der Waals surface area contributed by atoms with Gasteiger partial charge in [-0.2, -0.15) is 0 Å². The third kappa shape index (κ3) is 3.62. The number of benzene rings is 1. The van der Waals surface area contributed by atoms with Gasteiger partial charge in [-0.25, -0.2) is 17.9 Å². The highest BCUT2D eigenvalue weighted by Gasteiger charge is 2.39.